The van der Waals surface area contributed by atoms with Crippen molar-refractivity contribution in [2.45, 2.75) is 6.92 Å². The molecule has 2 aromatic carbocycles. The third-order valence-corrected chi connectivity index (χ3v) is 5.16. The Morgan fingerprint density at radius 3 is 2.38 bits per heavy atom. The number of hydrogen-bond donors (Lipinski definition) is 1. The highest BCUT2D eigenvalue weighted by Crippen LogP contribution is 2.25. The molecule has 29 heavy (non-hydrogen) atoms. The van der Waals surface area contributed by atoms with Gasteiger partial charge >= 0.3 is 6.03 Å². The number of halogens is 1. The van der Waals surface area contributed by atoms with Crippen molar-refractivity contribution < 1.29 is 14.4 Å². The van der Waals surface area contributed by atoms with Crippen LogP contribution < -0.4 is 10.2 Å². The molecule has 1 saturated heterocycles. The summed E-state index contributed by atoms with van der Waals surface area (Å²) >= 11 is 3.32. The first-order valence-electron chi connectivity index (χ1n) is 8.86. The number of barbiturate groups is 1. The zero-order valence-electron chi connectivity index (χ0n) is 15.4. The topological polar surface area (TPSA) is 71.4 Å². The molecule has 1 N–H and O–H groups in total. The molecule has 1 aliphatic heterocycles. The average molecular weight is 450 g/mol. The van der Waals surface area contributed by atoms with Crippen molar-refractivity contribution in [2.75, 3.05) is 4.90 Å². The maximum atomic E-state index is 13.0. The summed E-state index contributed by atoms with van der Waals surface area (Å²) in [6, 6.07) is 17.4. The summed E-state index contributed by atoms with van der Waals surface area (Å²) in [7, 11) is 0. The van der Waals surface area contributed by atoms with Crippen LogP contribution in [0.4, 0.5) is 10.5 Å². The summed E-state index contributed by atoms with van der Waals surface area (Å²) in [6.45, 7) is 1.98. The van der Waals surface area contributed by atoms with Gasteiger partial charge in [-0.15, -0.1) is 0 Å². The number of aryl methyl sites for hydroxylation is 1. The number of aromatic nitrogens is 1. The lowest BCUT2D eigenvalue weighted by Gasteiger charge is -2.26. The third kappa shape index (κ3) is 3.52. The predicted octanol–water partition coefficient (Wildman–Crippen LogP) is 4.21. The van der Waals surface area contributed by atoms with E-state index in [1.165, 1.54) is 6.08 Å². The number of imide groups is 2. The highest BCUT2D eigenvalue weighted by molar-refractivity contribution is 9.10. The van der Waals surface area contributed by atoms with Crippen LogP contribution in [0.15, 0.2) is 76.9 Å². The molecule has 144 valence electrons. The minimum atomic E-state index is -0.770. The summed E-state index contributed by atoms with van der Waals surface area (Å²) < 4.78 is 2.71. The van der Waals surface area contributed by atoms with Crippen molar-refractivity contribution in [3.63, 3.8) is 0 Å². The van der Waals surface area contributed by atoms with Gasteiger partial charge in [0.1, 0.15) is 5.57 Å². The van der Waals surface area contributed by atoms with Crippen molar-refractivity contribution in [3.05, 3.63) is 88.2 Å². The minimum absolute atomic E-state index is 0.110. The molecule has 1 fully saturated rings. The zero-order chi connectivity index (χ0) is 20.5. The van der Waals surface area contributed by atoms with E-state index in [9.17, 15) is 14.4 Å². The average Bonchev–Trinajstić information content (AvgIpc) is 3.15. The number of carbonyl (C=O) groups excluding carboxylic acids is 3. The fraction of sp³-hybridized carbons (Fsp3) is 0.0455. The lowest BCUT2D eigenvalue weighted by Crippen LogP contribution is -2.54. The van der Waals surface area contributed by atoms with Crippen LogP contribution in [0.5, 0.6) is 0 Å². The number of amides is 4. The number of urea groups is 1. The Hall–Kier alpha value is -3.45. The standard InChI is InChI=1S/C22H16BrN3O3/c1-14-5-2-3-7-19(14)25-12-4-6-17(25)13-18-20(27)24-22(29)26(21(18)28)16-10-8-15(23)9-11-16/h2-13H,1H3,(H,24,27,29)/b18-13+. The Balaban J connectivity index is 1.76. The van der Waals surface area contributed by atoms with Gasteiger partial charge in [-0.25, -0.2) is 9.69 Å². The molecule has 1 aromatic heterocycles. The molecule has 3 aromatic rings. The van der Waals surface area contributed by atoms with Gasteiger partial charge in [-0.2, -0.15) is 0 Å². The monoisotopic (exact) mass is 449 g/mol. The molecule has 4 amide bonds. The van der Waals surface area contributed by atoms with Gasteiger partial charge in [0.25, 0.3) is 11.8 Å². The van der Waals surface area contributed by atoms with Crippen LogP contribution in [0.3, 0.4) is 0 Å². The van der Waals surface area contributed by atoms with Crippen LogP contribution in [-0.4, -0.2) is 22.4 Å². The Bertz CT molecular complexity index is 1160. The molecule has 1 aliphatic rings. The van der Waals surface area contributed by atoms with E-state index in [1.807, 2.05) is 48.0 Å². The first-order valence-corrected chi connectivity index (χ1v) is 9.65. The maximum absolute atomic E-state index is 13.0. The quantitative estimate of drug-likeness (QED) is 0.480. The number of hydrogen-bond acceptors (Lipinski definition) is 3. The summed E-state index contributed by atoms with van der Waals surface area (Å²) in [5.41, 5.74) is 2.91. The van der Waals surface area contributed by atoms with E-state index >= 15 is 0 Å². The van der Waals surface area contributed by atoms with Crippen LogP contribution in [0.25, 0.3) is 11.8 Å². The van der Waals surface area contributed by atoms with Crippen LogP contribution in [0, 0.1) is 6.92 Å². The van der Waals surface area contributed by atoms with Crippen molar-refractivity contribution in [3.8, 4) is 5.69 Å². The number of benzene rings is 2. The molecule has 4 rings (SSSR count). The molecular weight excluding hydrogens is 434 g/mol. The lowest BCUT2D eigenvalue weighted by molar-refractivity contribution is -0.122. The predicted molar refractivity (Wildman–Crippen MR) is 114 cm³/mol. The van der Waals surface area contributed by atoms with Crippen molar-refractivity contribution >= 4 is 45.5 Å². The first-order chi connectivity index (χ1) is 14.0. The van der Waals surface area contributed by atoms with E-state index in [1.54, 1.807) is 30.3 Å². The second kappa shape index (κ2) is 7.52. The van der Waals surface area contributed by atoms with Gasteiger partial charge in [0.15, 0.2) is 0 Å². The number of nitrogens with one attached hydrogen (secondary N) is 1. The van der Waals surface area contributed by atoms with E-state index in [0.717, 1.165) is 20.6 Å². The Kier molecular flexibility index (Phi) is 4.90. The fourth-order valence-corrected chi connectivity index (χ4v) is 3.46. The molecule has 0 radical (unpaired) electrons. The Labute approximate surface area is 175 Å². The van der Waals surface area contributed by atoms with Crippen LogP contribution in [0.1, 0.15) is 11.3 Å². The second-order valence-corrected chi connectivity index (χ2v) is 7.44. The third-order valence-electron chi connectivity index (χ3n) is 4.63. The summed E-state index contributed by atoms with van der Waals surface area (Å²) in [5.74, 6) is -1.38. The van der Waals surface area contributed by atoms with Crippen LogP contribution in [-0.2, 0) is 9.59 Å². The molecule has 0 spiro atoms. The molecule has 0 saturated carbocycles. The molecule has 0 bridgehead atoms. The smallest absolute Gasteiger partial charge is 0.317 e. The van der Waals surface area contributed by atoms with Crippen molar-refractivity contribution in [1.82, 2.24) is 9.88 Å². The van der Waals surface area contributed by atoms with Gasteiger partial charge in [0.05, 0.1) is 5.69 Å². The molecule has 0 atom stereocenters. The van der Waals surface area contributed by atoms with Crippen LogP contribution in [0.2, 0.25) is 0 Å². The van der Waals surface area contributed by atoms with Gasteiger partial charge in [-0.1, -0.05) is 34.1 Å². The number of carbonyl (C=O) groups is 3. The van der Waals surface area contributed by atoms with Crippen molar-refractivity contribution in [1.29, 1.82) is 0 Å². The minimum Gasteiger partial charge on any atom is -0.317 e. The second-order valence-electron chi connectivity index (χ2n) is 6.52. The Morgan fingerprint density at radius 2 is 1.66 bits per heavy atom. The van der Waals surface area contributed by atoms with Gasteiger partial charge in [-0.05, 0) is 61.0 Å². The number of nitrogens with zero attached hydrogens (tertiary/aromatic N) is 2. The number of para-hydroxylation sites is 1. The summed E-state index contributed by atoms with van der Waals surface area (Å²) in [4.78, 5) is 38.7. The van der Waals surface area contributed by atoms with E-state index in [-0.39, 0.29) is 5.57 Å². The Morgan fingerprint density at radius 1 is 0.931 bits per heavy atom. The summed E-state index contributed by atoms with van der Waals surface area (Å²) in [5, 5.41) is 2.24. The largest absolute Gasteiger partial charge is 0.335 e. The van der Waals surface area contributed by atoms with Gasteiger partial charge in [-0.3, -0.25) is 14.9 Å². The lowest BCUT2D eigenvalue weighted by atomic mass is 10.1. The molecule has 6 nitrogen and oxygen atoms in total. The van der Waals surface area contributed by atoms with Gasteiger partial charge in [0.2, 0.25) is 0 Å². The number of rotatable bonds is 3. The maximum Gasteiger partial charge on any atom is 0.335 e. The van der Waals surface area contributed by atoms with Crippen molar-refractivity contribution in [2.24, 2.45) is 0 Å². The van der Waals surface area contributed by atoms with Crippen LogP contribution >= 0.6 is 15.9 Å². The van der Waals surface area contributed by atoms with E-state index in [4.69, 9.17) is 0 Å². The molecule has 0 aliphatic carbocycles. The van der Waals surface area contributed by atoms with Gasteiger partial charge in [0, 0.05) is 22.1 Å². The van der Waals surface area contributed by atoms with E-state index in [2.05, 4.69) is 21.2 Å². The van der Waals surface area contributed by atoms with Gasteiger partial charge < -0.3 is 4.57 Å². The summed E-state index contributed by atoms with van der Waals surface area (Å²) in [6.07, 6.45) is 3.36. The highest BCUT2D eigenvalue weighted by atomic mass is 79.9. The first kappa shape index (κ1) is 18.9. The highest BCUT2D eigenvalue weighted by Gasteiger charge is 2.37. The fourth-order valence-electron chi connectivity index (χ4n) is 3.19. The zero-order valence-corrected chi connectivity index (χ0v) is 17.0. The molecule has 0 unspecified atom stereocenters. The molecule has 7 heteroatoms. The molecule has 2 heterocycles. The normalized spacial score (nSPS) is 15.7. The van der Waals surface area contributed by atoms with E-state index < -0.39 is 17.8 Å². The molecular formula is C22H16BrN3O3. The number of anilines is 1. The van der Waals surface area contributed by atoms with E-state index in [0.29, 0.717) is 11.4 Å². The SMILES string of the molecule is Cc1ccccc1-n1cccc1/C=C1\C(=O)NC(=O)N(c2ccc(Br)cc2)C1=O.